The van der Waals surface area contributed by atoms with Gasteiger partial charge in [0.2, 0.25) is 0 Å². The Morgan fingerprint density at radius 2 is 2.00 bits per heavy atom. The molecule has 0 bridgehead atoms. The van der Waals surface area contributed by atoms with E-state index in [4.69, 9.17) is 5.73 Å². The summed E-state index contributed by atoms with van der Waals surface area (Å²) in [7, 11) is 0. The van der Waals surface area contributed by atoms with Crippen molar-refractivity contribution in [3.05, 3.63) is 0 Å². The summed E-state index contributed by atoms with van der Waals surface area (Å²) >= 11 is 0. The van der Waals surface area contributed by atoms with Crippen molar-refractivity contribution in [1.82, 2.24) is 5.32 Å². The monoisotopic (exact) mass is 252 g/mol. The molecule has 2 nitrogen and oxygen atoms in total. The maximum atomic E-state index is 6.22. The summed E-state index contributed by atoms with van der Waals surface area (Å²) in [5.74, 6) is 2.42. The van der Waals surface area contributed by atoms with Gasteiger partial charge in [0, 0.05) is 18.1 Å². The van der Waals surface area contributed by atoms with Crippen molar-refractivity contribution in [1.29, 1.82) is 0 Å². The second kappa shape index (κ2) is 5.92. The largest absolute Gasteiger partial charge is 0.329 e. The van der Waals surface area contributed by atoms with Crippen molar-refractivity contribution in [3.63, 3.8) is 0 Å². The predicted molar refractivity (Wildman–Crippen MR) is 78.5 cm³/mol. The molecule has 3 N–H and O–H groups in total. The number of hydrogen-bond acceptors (Lipinski definition) is 2. The second-order valence-electron chi connectivity index (χ2n) is 7.22. The van der Waals surface area contributed by atoms with E-state index < -0.39 is 0 Å². The molecule has 106 valence electrons. The highest BCUT2D eigenvalue weighted by Gasteiger charge is 2.42. The molecule has 0 aliphatic heterocycles. The number of rotatable bonds is 4. The van der Waals surface area contributed by atoms with E-state index in [-0.39, 0.29) is 5.54 Å². The Labute approximate surface area is 113 Å². The normalized spacial score (nSPS) is 41.5. The first kappa shape index (κ1) is 14.3. The van der Waals surface area contributed by atoms with Gasteiger partial charge in [-0.05, 0) is 49.9 Å². The molecule has 0 saturated heterocycles. The van der Waals surface area contributed by atoms with E-state index >= 15 is 0 Å². The molecule has 2 aliphatic rings. The van der Waals surface area contributed by atoms with E-state index in [1.165, 1.54) is 44.9 Å². The van der Waals surface area contributed by atoms with Gasteiger partial charge in [0.15, 0.2) is 0 Å². The molecule has 18 heavy (non-hydrogen) atoms. The van der Waals surface area contributed by atoms with Crippen molar-refractivity contribution < 1.29 is 0 Å². The van der Waals surface area contributed by atoms with Crippen LogP contribution < -0.4 is 11.1 Å². The molecule has 0 aromatic carbocycles. The van der Waals surface area contributed by atoms with Crippen LogP contribution in [0.1, 0.15) is 65.7 Å². The molecule has 0 aromatic rings. The van der Waals surface area contributed by atoms with Gasteiger partial charge in [-0.15, -0.1) is 0 Å². The molecule has 0 heterocycles. The maximum absolute atomic E-state index is 6.22. The molecule has 0 spiro atoms. The lowest BCUT2D eigenvalue weighted by atomic mass is 9.67. The lowest BCUT2D eigenvalue weighted by molar-refractivity contribution is 0.0956. The third-order valence-corrected chi connectivity index (χ3v) is 5.45. The number of nitrogens with one attached hydrogen (secondary N) is 1. The SMILES string of the molecule is CC1CCC(NC2(CN)CCCCC2C(C)C)C1. The Morgan fingerprint density at radius 3 is 2.56 bits per heavy atom. The predicted octanol–water partition coefficient (Wildman–Crippen LogP) is 3.31. The van der Waals surface area contributed by atoms with Crippen LogP contribution in [0.25, 0.3) is 0 Å². The van der Waals surface area contributed by atoms with Gasteiger partial charge in [0.05, 0.1) is 0 Å². The minimum Gasteiger partial charge on any atom is -0.329 e. The molecular formula is C16H32N2. The summed E-state index contributed by atoms with van der Waals surface area (Å²) in [6.45, 7) is 7.96. The molecule has 4 atom stereocenters. The van der Waals surface area contributed by atoms with Crippen molar-refractivity contribution in [2.45, 2.75) is 77.3 Å². The highest BCUT2D eigenvalue weighted by atomic mass is 15.0. The summed E-state index contributed by atoms with van der Waals surface area (Å²) in [6.07, 6.45) is 9.51. The molecule has 2 heteroatoms. The zero-order valence-corrected chi connectivity index (χ0v) is 12.5. The number of nitrogens with two attached hydrogens (primary N) is 1. The lowest BCUT2D eigenvalue weighted by Gasteiger charge is -2.48. The third kappa shape index (κ3) is 2.91. The van der Waals surface area contributed by atoms with Gasteiger partial charge >= 0.3 is 0 Å². The lowest BCUT2D eigenvalue weighted by Crippen LogP contribution is -2.61. The standard InChI is InChI=1S/C16H32N2/c1-12(2)15-6-4-5-9-16(15,11-17)18-14-8-7-13(3)10-14/h12-15,18H,4-11,17H2,1-3H3. The molecule has 2 rings (SSSR count). The van der Waals surface area contributed by atoms with E-state index in [1.54, 1.807) is 0 Å². The highest BCUT2D eigenvalue weighted by Crippen LogP contribution is 2.39. The van der Waals surface area contributed by atoms with Gasteiger partial charge < -0.3 is 11.1 Å². The molecule has 2 aliphatic carbocycles. The molecule has 2 saturated carbocycles. The molecule has 0 aromatic heterocycles. The van der Waals surface area contributed by atoms with E-state index in [0.717, 1.165) is 30.3 Å². The summed E-state index contributed by atoms with van der Waals surface area (Å²) in [4.78, 5) is 0. The summed E-state index contributed by atoms with van der Waals surface area (Å²) < 4.78 is 0. The minimum atomic E-state index is 0.237. The van der Waals surface area contributed by atoms with Crippen molar-refractivity contribution in [3.8, 4) is 0 Å². The smallest absolute Gasteiger partial charge is 0.0337 e. The Morgan fingerprint density at radius 1 is 1.22 bits per heavy atom. The Kier molecular flexibility index (Phi) is 4.71. The zero-order chi connectivity index (χ0) is 13.2. The Hall–Kier alpha value is -0.0800. The van der Waals surface area contributed by atoms with Crippen LogP contribution in [0.15, 0.2) is 0 Å². The van der Waals surface area contributed by atoms with Gasteiger partial charge in [0.25, 0.3) is 0 Å². The number of hydrogen-bond donors (Lipinski definition) is 2. The Bertz CT molecular complexity index is 264. The van der Waals surface area contributed by atoms with E-state index in [2.05, 4.69) is 26.1 Å². The van der Waals surface area contributed by atoms with Crippen LogP contribution >= 0.6 is 0 Å². The minimum absolute atomic E-state index is 0.237. The molecule has 4 unspecified atom stereocenters. The first-order chi connectivity index (χ1) is 8.57. The fraction of sp³-hybridized carbons (Fsp3) is 1.00. The van der Waals surface area contributed by atoms with Crippen molar-refractivity contribution >= 4 is 0 Å². The maximum Gasteiger partial charge on any atom is 0.0337 e. The van der Waals surface area contributed by atoms with Crippen LogP contribution in [0, 0.1) is 17.8 Å². The van der Waals surface area contributed by atoms with Crippen LogP contribution in [0.2, 0.25) is 0 Å². The fourth-order valence-corrected chi connectivity index (χ4v) is 4.47. The average molecular weight is 252 g/mol. The van der Waals surface area contributed by atoms with E-state index in [0.29, 0.717) is 0 Å². The second-order valence-corrected chi connectivity index (χ2v) is 7.22. The fourth-order valence-electron chi connectivity index (χ4n) is 4.47. The van der Waals surface area contributed by atoms with Crippen LogP contribution in [-0.2, 0) is 0 Å². The van der Waals surface area contributed by atoms with E-state index in [1.807, 2.05) is 0 Å². The van der Waals surface area contributed by atoms with Crippen LogP contribution in [0.3, 0.4) is 0 Å². The van der Waals surface area contributed by atoms with Crippen LogP contribution in [0.5, 0.6) is 0 Å². The van der Waals surface area contributed by atoms with Gasteiger partial charge in [0.1, 0.15) is 0 Å². The third-order valence-electron chi connectivity index (χ3n) is 5.45. The molecule has 0 radical (unpaired) electrons. The summed E-state index contributed by atoms with van der Waals surface area (Å²) in [6, 6.07) is 0.725. The zero-order valence-electron chi connectivity index (χ0n) is 12.5. The quantitative estimate of drug-likeness (QED) is 0.805. The van der Waals surface area contributed by atoms with Crippen molar-refractivity contribution in [2.24, 2.45) is 23.5 Å². The first-order valence-corrected chi connectivity index (χ1v) is 8.05. The van der Waals surface area contributed by atoms with Crippen LogP contribution in [-0.4, -0.2) is 18.1 Å². The van der Waals surface area contributed by atoms with Gasteiger partial charge in [-0.3, -0.25) is 0 Å². The topological polar surface area (TPSA) is 38.0 Å². The first-order valence-electron chi connectivity index (χ1n) is 8.05. The molecule has 2 fully saturated rings. The van der Waals surface area contributed by atoms with E-state index in [9.17, 15) is 0 Å². The molecular weight excluding hydrogens is 220 g/mol. The van der Waals surface area contributed by atoms with Crippen LogP contribution in [0.4, 0.5) is 0 Å². The highest BCUT2D eigenvalue weighted by molar-refractivity contribution is 5.01. The summed E-state index contributed by atoms with van der Waals surface area (Å²) in [5.41, 5.74) is 6.45. The molecule has 0 amide bonds. The summed E-state index contributed by atoms with van der Waals surface area (Å²) in [5, 5.41) is 4.02. The Balaban J connectivity index is 2.06. The van der Waals surface area contributed by atoms with Gasteiger partial charge in [-0.2, -0.15) is 0 Å². The van der Waals surface area contributed by atoms with Gasteiger partial charge in [-0.25, -0.2) is 0 Å². The van der Waals surface area contributed by atoms with Crippen molar-refractivity contribution in [2.75, 3.05) is 6.54 Å². The van der Waals surface area contributed by atoms with Gasteiger partial charge in [-0.1, -0.05) is 33.6 Å². The average Bonchev–Trinajstić information content (AvgIpc) is 2.75.